The molecule has 0 aliphatic carbocycles. The van der Waals surface area contributed by atoms with Crippen LogP contribution in [-0.2, 0) is 13.0 Å². The van der Waals surface area contributed by atoms with Crippen LogP contribution in [0.25, 0.3) is 0 Å². The van der Waals surface area contributed by atoms with E-state index in [0.717, 1.165) is 10.6 Å². The van der Waals surface area contributed by atoms with E-state index in [4.69, 9.17) is 0 Å². The molecule has 7 nitrogen and oxygen atoms in total. The topological polar surface area (TPSA) is 88.4 Å². The Morgan fingerprint density at radius 2 is 2.14 bits per heavy atom. The zero-order valence-corrected chi connectivity index (χ0v) is 12.9. The van der Waals surface area contributed by atoms with E-state index in [1.807, 2.05) is 5.38 Å². The van der Waals surface area contributed by atoms with Gasteiger partial charge in [0.1, 0.15) is 5.01 Å². The van der Waals surface area contributed by atoms with Crippen molar-refractivity contribution in [1.29, 1.82) is 0 Å². The zero-order chi connectivity index (χ0) is 15.9. The fourth-order valence-electron chi connectivity index (χ4n) is 1.84. The van der Waals surface area contributed by atoms with Crippen molar-refractivity contribution in [1.82, 2.24) is 15.2 Å². The molecule has 0 saturated heterocycles. The lowest BCUT2D eigenvalue weighted by molar-refractivity contribution is -0.384. The van der Waals surface area contributed by atoms with Gasteiger partial charge in [-0.3, -0.25) is 10.1 Å². The molecule has 0 atom stereocenters. The molecule has 0 fully saturated rings. The quantitative estimate of drug-likeness (QED) is 0.654. The number of amides is 2. The van der Waals surface area contributed by atoms with Gasteiger partial charge in [0.2, 0.25) is 0 Å². The van der Waals surface area contributed by atoms with Crippen LogP contribution in [0.2, 0.25) is 0 Å². The molecule has 22 heavy (non-hydrogen) atoms. The van der Waals surface area contributed by atoms with Gasteiger partial charge in [0.25, 0.3) is 5.69 Å². The van der Waals surface area contributed by atoms with Crippen molar-refractivity contribution < 1.29 is 9.72 Å². The highest BCUT2D eigenvalue weighted by Gasteiger charge is 2.10. The predicted octanol–water partition coefficient (Wildman–Crippen LogP) is 2.44. The Morgan fingerprint density at radius 1 is 1.41 bits per heavy atom. The molecule has 1 heterocycles. The first-order chi connectivity index (χ1) is 10.6. The fourth-order valence-corrected chi connectivity index (χ4v) is 2.51. The second kappa shape index (κ2) is 7.51. The Morgan fingerprint density at radius 3 is 2.73 bits per heavy atom. The SMILES string of the molecule is CN(Cc1nccs1)C(=O)NCCc1ccc([N+](=O)[O-])cc1. The summed E-state index contributed by atoms with van der Waals surface area (Å²) in [6, 6.07) is 6.15. The average Bonchev–Trinajstić information content (AvgIpc) is 3.00. The van der Waals surface area contributed by atoms with E-state index in [2.05, 4.69) is 10.3 Å². The number of nitrogens with zero attached hydrogens (tertiary/aromatic N) is 3. The highest BCUT2D eigenvalue weighted by molar-refractivity contribution is 7.09. The second-order valence-corrected chi connectivity index (χ2v) is 5.67. The lowest BCUT2D eigenvalue weighted by atomic mass is 10.1. The van der Waals surface area contributed by atoms with Crippen molar-refractivity contribution >= 4 is 23.1 Å². The van der Waals surface area contributed by atoms with Crippen LogP contribution in [0.5, 0.6) is 0 Å². The zero-order valence-electron chi connectivity index (χ0n) is 12.1. The van der Waals surface area contributed by atoms with Gasteiger partial charge in [0.15, 0.2) is 0 Å². The van der Waals surface area contributed by atoms with Gasteiger partial charge < -0.3 is 10.2 Å². The third-order valence-corrected chi connectivity index (χ3v) is 3.80. The number of aromatic nitrogens is 1. The van der Waals surface area contributed by atoms with E-state index in [-0.39, 0.29) is 11.7 Å². The van der Waals surface area contributed by atoms with Crippen molar-refractivity contribution in [3.63, 3.8) is 0 Å². The Balaban J connectivity index is 1.75. The van der Waals surface area contributed by atoms with E-state index in [1.54, 1.807) is 30.3 Å². The molecular formula is C14H16N4O3S. The van der Waals surface area contributed by atoms with E-state index >= 15 is 0 Å². The van der Waals surface area contributed by atoms with Gasteiger partial charge in [-0.05, 0) is 12.0 Å². The van der Waals surface area contributed by atoms with E-state index in [9.17, 15) is 14.9 Å². The van der Waals surface area contributed by atoms with Crippen molar-refractivity contribution in [2.45, 2.75) is 13.0 Å². The summed E-state index contributed by atoms with van der Waals surface area (Å²) in [5.74, 6) is 0. The summed E-state index contributed by atoms with van der Waals surface area (Å²) in [5, 5.41) is 16.1. The Hall–Kier alpha value is -2.48. The van der Waals surface area contributed by atoms with Crippen molar-refractivity contribution in [2.24, 2.45) is 0 Å². The number of thiazole rings is 1. The van der Waals surface area contributed by atoms with Crippen LogP contribution < -0.4 is 5.32 Å². The molecular weight excluding hydrogens is 304 g/mol. The van der Waals surface area contributed by atoms with Gasteiger partial charge in [-0.15, -0.1) is 11.3 Å². The van der Waals surface area contributed by atoms with Crippen LogP contribution in [0.4, 0.5) is 10.5 Å². The molecule has 2 aromatic rings. The molecule has 2 rings (SSSR count). The molecule has 2 amide bonds. The smallest absolute Gasteiger partial charge is 0.317 e. The minimum Gasteiger partial charge on any atom is -0.338 e. The fraction of sp³-hybridized carbons (Fsp3) is 0.286. The summed E-state index contributed by atoms with van der Waals surface area (Å²) >= 11 is 1.51. The highest BCUT2D eigenvalue weighted by Crippen LogP contribution is 2.12. The lowest BCUT2D eigenvalue weighted by Crippen LogP contribution is -2.37. The molecule has 116 valence electrons. The Bertz CT molecular complexity index is 628. The molecule has 0 spiro atoms. The number of nitro benzene ring substituents is 1. The number of nitro groups is 1. The number of hydrogen-bond donors (Lipinski definition) is 1. The summed E-state index contributed by atoms with van der Waals surface area (Å²) < 4.78 is 0. The van der Waals surface area contributed by atoms with E-state index in [0.29, 0.717) is 19.5 Å². The largest absolute Gasteiger partial charge is 0.338 e. The van der Waals surface area contributed by atoms with Crippen molar-refractivity contribution in [3.05, 3.63) is 56.5 Å². The number of benzene rings is 1. The van der Waals surface area contributed by atoms with Gasteiger partial charge in [-0.2, -0.15) is 0 Å². The van der Waals surface area contributed by atoms with E-state index in [1.165, 1.54) is 23.5 Å². The summed E-state index contributed by atoms with van der Waals surface area (Å²) in [5.41, 5.74) is 1.00. The first kappa shape index (κ1) is 15.9. The molecule has 0 unspecified atom stereocenters. The monoisotopic (exact) mass is 320 g/mol. The third kappa shape index (κ3) is 4.52. The number of non-ortho nitro benzene ring substituents is 1. The summed E-state index contributed by atoms with van der Waals surface area (Å²) in [7, 11) is 1.71. The molecule has 0 aliphatic rings. The maximum Gasteiger partial charge on any atom is 0.317 e. The highest BCUT2D eigenvalue weighted by atomic mass is 32.1. The number of hydrogen-bond acceptors (Lipinski definition) is 5. The molecule has 1 N–H and O–H groups in total. The minimum atomic E-state index is -0.431. The molecule has 0 aliphatic heterocycles. The normalized spacial score (nSPS) is 10.2. The lowest BCUT2D eigenvalue weighted by Gasteiger charge is -2.16. The van der Waals surface area contributed by atoms with Crippen LogP contribution in [0.1, 0.15) is 10.6 Å². The summed E-state index contributed by atoms with van der Waals surface area (Å²) in [6.07, 6.45) is 2.33. The van der Waals surface area contributed by atoms with Crippen LogP contribution >= 0.6 is 11.3 Å². The third-order valence-electron chi connectivity index (χ3n) is 3.04. The van der Waals surface area contributed by atoms with Gasteiger partial charge in [0, 0.05) is 37.3 Å². The van der Waals surface area contributed by atoms with Gasteiger partial charge in [-0.25, -0.2) is 9.78 Å². The van der Waals surface area contributed by atoms with Gasteiger partial charge in [0.05, 0.1) is 11.5 Å². The predicted molar refractivity (Wildman–Crippen MR) is 83.8 cm³/mol. The molecule has 8 heteroatoms. The maximum absolute atomic E-state index is 11.9. The van der Waals surface area contributed by atoms with Gasteiger partial charge >= 0.3 is 6.03 Å². The standard InChI is InChI=1S/C14H16N4O3S/c1-17(10-13-15-8-9-22-13)14(19)16-7-6-11-2-4-12(5-3-11)18(20)21/h2-5,8-9H,6-7,10H2,1H3,(H,16,19). The van der Waals surface area contributed by atoms with E-state index < -0.39 is 4.92 Å². The Kier molecular flexibility index (Phi) is 5.42. The number of urea groups is 1. The first-order valence-electron chi connectivity index (χ1n) is 6.67. The molecule has 0 radical (unpaired) electrons. The molecule has 0 saturated carbocycles. The molecule has 0 bridgehead atoms. The second-order valence-electron chi connectivity index (χ2n) is 4.69. The Labute approximate surface area is 131 Å². The number of carbonyl (C=O) groups is 1. The van der Waals surface area contributed by atoms with Gasteiger partial charge in [-0.1, -0.05) is 12.1 Å². The van der Waals surface area contributed by atoms with Crippen LogP contribution in [0.15, 0.2) is 35.8 Å². The van der Waals surface area contributed by atoms with Crippen LogP contribution in [-0.4, -0.2) is 34.4 Å². The summed E-state index contributed by atoms with van der Waals surface area (Å²) in [4.78, 5) is 27.7. The number of rotatable bonds is 6. The van der Waals surface area contributed by atoms with Crippen molar-refractivity contribution in [2.75, 3.05) is 13.6 Å². The molecule has 1 aromatic carbocycles. The summed E-state index contributed by atoms with van der Waals surface area (Å²) in [6.45, 7) is 0.944. The van der Waals surface area contributed by atoms with Crippen molar-refractivity contribution in [3.8, 4) is 0 Å². The number of carbonyl (C=O) groups excluding carboxylic acids is 1. The minimum absolute atomic E-state index is 0.0657. The molecule has 1 aromatic heterocycles. The first-order valence-corrected chi connectivity index (χ1v) is 7.55. The average molecular weight is 320 g/mol. The maximum atomic E-state index is 11.9. The number of nitrogens with one attached hydrogen (secondary N) is 1. The van der Waals surface area contributed by atoms with Crippen LogP contribution in [0, 0.1) is 10.1 Å². The van der Waals surface area contributed by atoms with Crippen LogP contribution in [0.3, 0.4) is 0 Å².